The Bertz CT molecular complexity index is 1280. The maximum Gasteiger partial charge on any atom is 0.162 e. The Morgan fingerprint density at radius 3 is 2.72 bits per heavy atom. The van der Waals surface area contributed by atoms with Gasteiger partial charge in [0.25, 0.3) is 0 Å². The molecule has 0 unspecified atom stereocenters. The van der Waals surface area contributed by atoms with Crippen LogP contribution in [0.15, 0.2) is 54.9 Å². The predicted octanol–water partition coefficient (Wildman–Crippen LogP) is 3.41. The Balaban J connectivity index is 1.70. The van der Waals surface area contributed by atoms with E-state index in [4.69, 9.17) is 4.74 Å². The first-order valence-electron chi connectivity index (χ1n) is 9.11. The molecular formula is C22H16N6O. The molecule has 0 spiro atoms. The largest absolute Gasteiger partial charge is 0.497 e. The number of methoxy groups -OCH3 is 1. The van der Waals surface area contributed by atoms with Crippen molar-refractivity contribution in [2.45, 2.75) is 6.42 Å². The lowest BCUT2D eigenvalue weighted by Crippen LogP contribution is -2.04. The van der Waals surface area contributed by atoms with Gasteiger partial charge < -0.3 is 4.74 Å². The van der Waals surface area contributed by atoms with Crippen LogP contribution < -0.4 is 4.74 Å². The minimum absolute atomic E-state index is 0.402. The van der Waals surface area contributed by atoms with Gasteiger partial charge in [0, 0.05) is 12.5 Å². The highest BCUT2D eigenvalue weighted by molar-refractivity contribution is 5.70. The van der Waals surface area contributed by atoms with Crippen LogP contribution in [-0.2, 0) is 6.42 Å². The fourth-order valence-corrected chi connectivity index (χ4v) is 3.55. The number of nitriles is 1. The fraction of sp³-hybridized carbons (Fsp3) is 0.0909. The summed E-state index contributed by atoms with van der Waals surface area (Å²) in [5.41, 5.74) is 5.63. The van der Waals surface area contributed by atoms with Gasteiger partial charge in [0.15, 0.2) is 5.69 Å². The maximum atomic E-state index is 9.53. The summed E-state index contributed by atoms with van der Waals surface area (Å²) in [6.45, 7) is 0. The SMILES string of the molecule is COc1ccc2c(c1)-n1nnc(/C=C/c3ccccc3)c1Cc1c(C#N)ncn1-2. The van der Waals surface area contributed by atoms with E-state index in [-0.39, 0.29) is 0 Å². The molecule has 1 aliphatic rings. The summed E-state index contributed by atoms with van der Waals surface area (Å²) < 4.78 is 9.16. The zero-order valence-electron chi connectivity index (χ0n) is 15.6. The molecule has 2 aromatic heterocycles. The average Bonchev–Trinajstić information content (AvgIpc) is 3.33. The zero-order valence-corrected chi connectivity index (χ0v) is 15.6. The van der Waals surface area contributed by atoms with Crippen LogP contribution in [-0.4, -0.2) is 31.7 Å². The second-order valence-electron chi connectivity index (χ2n) is 6.63. The monoisotopic (exact) mass is 380 g/mol. The van der Waals surface area contributed by atoms with E-state index in [0.29, 0.717) is 12.1 Å². The van der Waals surface area contributed by atoms with Crippen LogP contribution in [0.25, 0.3) is 23.5 Å². The molecule has 3 heterocycles. The van der Waals surface area contributed by atoms with Gasteiger partial charge in [-0.1, -0.05) is 41.6 Å². The number of nitrogens with zero attached hydrogens (tertiary/aromatic N) is 6. The highest BCUT2D eigenvalue weighted by Gasteiger charge is 2.25. The second-order valence-corrected chi connectivity index (χ2v) is 6.63. The maximum absolute atomic E-state index is 9.53. The summed E-state index contributed by atoms with van der Waals surface area (Å²) in [4.78, 5) is 4.28. The summed E-state index contributed by atoms with van der Waals surface area (Å²) in [5, 5.41) is 18.3. The van der Waals surface area contributed by atoms with Gasteiger partial charge in [-0.2, -0.15) is 5.26 Å². The van der Waals surface area contributed by atoms with Crippen LogP contribution in [0.4, 0.5) is 0 Å². The molecule has 5 rings (SSSR count). The van der Waals surface area contributed by atoms with E-state index < -0.39 is 0 Å². The Morgan fingerprint density at radius 1 is 1.07 bits per heavy atom. The van der Waals surface area contributed by atoms with E-state index >= 15 is 0 Å². The van der Waals surface area contributed by atoms with Crippen molar-refractivity contribution in [1.29, 1.82) is 5.26 Å². The lowest BCUT2D eigenvalue weighted by Gasteiger charge is -2.11. The van der Waals surface area contributed by atoms with E-state index in [0.717, 1.165) is 39.8 Å². The summed E-state index contributed by atoms with van der Waals surface area (Å²) in [7, 11) is 1.63. The van der Waals surface area contributed by atoms with E-state index in [9.17, 15) is 5.26 Å². The van der Waals surface area contributed by atoms with Crippen LogP contribution in [0.1, 0.15) is 28.3 Å². The van der Waals surface area contributed by atoms with Crippen LogP contribution in [0.5, 0.6) is 5.75 Å². The number of hydrogen-bond acceptors (Lipinski definition) is 5. The van der Waals surface area contributed by atoms with E-state index in [1.807, 2.05) is 69.9 Å². The first-order chi connectivity index (χ1) is 14.3. The first kappa shape index (κ1) is 17.0. The first-order valence-corrected chi connectivity index (χ1v) is 9.11. The molecular weight excluding hydrogens is 364 g/mol. The van der Waals surface area contributed by atoms with Crippen molar-refractivity contribution in [3.63, 3.8) is 0 Å². The van der Waals surface area contributed by atoms with Crippen molar-refractivity contribution in [3.05, 3.63) is 83.2 Å². The summed E-state index contributed by atoms with van der Waals surface area (Å²) in [6, 6.07) is 18.0. The molecule has 0 radical (unpaired) electrons. The van der Waals surface area contributed by atoms with Crippen molar-refractivity contribution in [1.82, 2.24) is 24.5 Å². The summed E-state index contributed by atoms with van der Waals surface area (Å²) >= 11 is 0. The molecule has 4 aromatic rings. The Morgan fingerprint density at radius 2 is 1.93 bits per heavy atom. The second kappa shape index (κ2) is 6.77. The van der Waals surface area contributed by atoms with Crippen LogP contribution in [0.2, 0.25) is 0 Å². The van der Waals surface area contributed by atoms with E-state index in [1.165, 1.54) is 0 Å². The smallest absolute Gasteiger partial charge is 0.162 e. The average molecular weight is 380 g/mol. The molecule has 7 nitrogen and oxygen atoms in total. The van der Waals surface area contributed by atoms with Crippen molar-refractivity contribution in [2.75, 3.05) is 7.11 Å². The van der Waals surface area contributed by atoms with Gasteiger partial charge in [-0.15, -0.1) is 5.10 Å². The number of ether oxygens (including phenoxy) is 1. The fourth-order valence-electron chi connectivity index (χ4n) is 3.55. The molecule has 0 atom stereocenters. The van der Waals surface area contributed by atoms with Gasteiger partial charge in [0.2, 0.25) is 0 Å². The minimum Gasteiger partial charge on any atom is -0.497 e. The number of fused-ring (bicyclic) bond motifs is 5. The molecule has 0 saturated carbocycles. The van der Waals surface area contributed by atoms with Gasteiger partial charge >= 0.3 is 0 Å². The molecule has 140 valence electrons. The van der Waals surface area contributed by atoms with Crippen LogP contribution in [0.3, 0.4) is 0 Å². The highest BCUT2D eigenvalue weighted by Crippen LogP contribution is 2.32. The molecule has 0 bridgehead atoms. The zero-order chi connectivity index (χ0) is 19.8. The van der Waals surface area contributed by atoms with Gasteiger partial charge in [-0.05, 0) is 23.8 Å². The molecule has 0 fully saturated rings. The molecule has 29 heavy (non-hydrogen) atoms. The van der Waals surface area contributed by atoms with Crippen LogP contribution in [0, 0.1) is 11.3 Å². The lowest BCUT2D eigenvalue weighted by molar-refractivity contribution is 0.414. The summed E-state index contributed by atoms with van der Waals surface area (Å²) in [6.07, 6.45) is 6.12. The van der Waals surface area contributed by atoms with Crippen molar-refractivity contribution < 1.29 is 4.74 Å². The molecule has 2 aromatic carbocycles. The molecule has 0 N–H and O–H groups in total. The number of imidazole rings is 1. The molecule has 1 aliphatic heterocycles. The van der Waals surface area contributed by atoms with Crippen LogP contribution >= 0.6 is 0 Å². The number of benzene rings is 2. The third-order valence-electron chi connectivity index (χ3n) is 5.00. The number of hydrogen-bond donors (Lipinski definition) is 0. The third-order valence-corrected chi connectivity index (χ3v) is 5.00. The molecule has 0 aliphatic carbocycles. The summed E-state index contributed by atoms with van der Waals surface area (Å²) in [5.74, 6) is 0.718. The Kier molecular flexibility index (Phi) is 3.96. The lowest BCUT2D eigenvalue weighted by atomic mass is 10.1. The Hall–Kier alpha value is -4.18. The molecule has 0 saturated heterocycles. The standard InChI is InChI=1S/C22H16N6O/c1-29-16-8-10-19-22(11-16)28-21(12-20-18(13-23)24-14-27(19)20)17(25-26-28)9-7-15-5-3-2-4-6-15/h2-11,14H,12H2,1H3/b9-7+. The number of rotatable bonds is 3. The topological polar surface area (TPSA) is 81.6 Å². The molecule has 7 heteroatoms. The normalized spacial score (nSPS) is 12.0. The number of aromatic nitrogens is 5. The quantitative estimate of drug-likeness (QED) is 0.479. The Labute approximate surface area is 167 Å². The predicted molar refractivity (Wildman–Crippen MR) is 108 cm³/mol. The van der Waals surface area contributed by atoms with Gasteiger partial charge in [0.05, 0.1) is 29.9 Å². The minimum atomic E-state index is 0.402. The van der Waals surface area contributed by atoms with E-state index in [1.54, 1.807) is 13.4 Å². The third kappa shape index (κ3) is 2.78. The molecule has 0 amide bonds. The van der Waals surface area contributed by atoms with E-state index in [2.05, 4.69) is 21.4 Å². The van der Waals surface area contributed by atoms with Gasteiger partial charge in [-0.3, -0.25) is 4.57 Å². The van der Waals surface area contributed by atoms with Gasteiger partial charge in [0.1, 0.15) is 23.8 Å². The highest BCUT2D eigenvalue weighted by atomic mass is 16.5. The van der Waals surface area contributed by atoms with Crippen molar-refractivity contribution >= 4 is 12.2 Å². The van der Waals surface area contributed by atoms with Gasteiger partial charge in [-0.25, -0.2) is 9.67 Å². The van der Waals surface area contributed by atoms with Crippen molar-refractivity contribution in [3.8, 4) is 23.2 Å². The van der Waals surface area contributed by atoms with Crippen molar-refractivity contribution in [2.24, 2.45) is 0 Å².